The smallest absolute Gasteiger partial charge is 0.220 e. The molecule has 1 N–H and O–H groups in total. The third kappa shape index (κ3) is 3.76. The van der Waals surface area contributed by atoms with Crippen molar-refractivity contribution in [2.75, 3.05) is 6.54 Å². The molecule has 0 spiro atoms. The SMILES string of the molecule is O=C(CCC(=O)c1ccc(Cl)cc1)NCC12CC3CC(CC(C3)C1)C2. The van der Waals surface area contributed by atoms with Crippen LogP contribution in [0.1, 0.15) is 61.7 Å². The minimum absolute atomic E-state index is 0.00150. The second kappa shape index (κ2) is 6.75. The molecule has 4 aliphatic carbocycles. The maximum atomic E-state index is 12.2. The van der Waals surface area contributed by atoms with Gasteiger partial charge in [-0.25, -0.2) is 0 Å². The van der Waals surface area contributed by atoms with Crippen molar-refractivity contribution < 1.29 is 9.59 Å². The van der Waals surface area contributed by atoms with E-state index in [-0.39, 0.29) is 24.5 Å². The first-order chi connectivity index (χ1) is 12.0. The number of carbonyl (C=O) groups is 2. The zero-order valence-corrected chi connectivity index (χ0v) is 15.4. The molecule has 5 rings (SSSR count). The van der Waals surface area contributed by atoms with Gasteiger partial charge in [0.25, 0.3) is 0 Å². The summed E-state index contributed by atoms with van der Waals surface area (Å²) in [4.78, 5) is 24.4. The minimum Gasteiger partial charge on any atom is -0.356 e. The number of ketones is 1. The number of hydrogen-bond donors (Lipinski definition) is 1. The highest BCUT2D eigenvalue weighted by molar-refractivity contribution is 6.30. The average Bonchev–Trinajstić information content (AvgIpc) is 2.57. The zero-order valence-electron chi connectivity index (χ0n) is 14.6. The summed E-state index contributed by atoms with van der Waals surface area (Å²) < 4.78 is 0. The van der Waals surface area contributed by atoms with Gasteiger partial charge >= 0.3 is 0 Å². The molecular formula is C21H26ClNO2. The highest BCUT2D eigenvalue weighted by atomic mass is 35.5. The van der Waals surface area contributed by atoms with Gasteiger partial charge in [-0.2, -0.15) is 0 Å². The van der Waals surface area contributed by atoms with E-state index in [2.05, 4.69) is 5.32 Å². The molecule has 4 bridgehead atoms. The molecule has 1 aromatic carbocycles. The molecule has 4 fully saturated rings. The number of carbonyl (C=O) groups excluding carboxylic acids is 2. The Kier molecular flexibility index (Phi) is 4.61. The fourth-order valence-electron chi connectivity index (χ4n) is 5.89. The highest BCUT2D eigenvalue weighted by Crippen LogP contribution is 2.59. The first-order valence-electron chi connectivity index (χ1n) is 9.57. The van der Waals surface area contributed by atoms with Crippen LogP contribution < -0.4 is 5.32 Å². The molecule has 25 heavy (non-hydrogen) atoms. The van der Waals surface area contributed by atoms with Crippen LogP contribution in [0.2, 0.25) is 5.02 Å². The van der Waals surface area contributed by atoms with E-state index in [1.165, 1.54) is 38.5 Å². The Balaban J connectivity index is 1.26. The monoisotopic (exact) mass is 359 g/mol. The molecule has 0 aliphatic heterocycles. The van der Waals surface area contributed by atoms with Crippen molar-refractivity contribution in [3.8, 4) is 0 Å². The lowest BCUT2D eigenvalue weighted by molar-refractivity contribution is -0.123. The topological polar surface area (TPSA) is 46.2 Å². The van der Waals surface area contributed by atoms with Crippen LogP contribution in [0, 0.1) is 23.2 Å². The number of hydrogen-bond acceptors (Lipinski definition) is 2. The van der Waals surface area contributed by atoms with Gasteiger partial charge in [-0.3, -0.25) is 9.59 Å². The predicted octanol–water partition coefficient (Wildman–Crippen LogP) is 4.64. The van der Waals surface area contributed by atoms with Gasteiger partial charge < -0.3 is 5.32 Å². The summed E-state index contributed by atoms with van der Waals surface area (Å²) in [5, 5.41) is 3.76. The Bertz CT molecular complexity index is 632. The molecule has 1 aromatic rings. The first kappa shape index (κ1) is 17.1. The van der Waals surface area contributed by atoms with Gasteiger partial charge in [0.2, 0.25) is 5.91 Å². The molecule has 3 nitrogen and oxygen atoms in total. The number of amides is 1. The molecule has 134 valence electrons. The van der Waals surface area contributed by atoms with Crippen molar-refractivity contribution in [2.24, 2.45) is 23.2 Å². The van der Waals surface area contributed by atoms with Crippen LogP contribution in [0.5, 0.6) is 0 Å². The van der Waals surface area contributed by atoms with Crippen LogP contribution >= 0.6 is 11.6 Å². The summed E-state index contributed by atoms with van der Waals surface area (Å²) in [5.41, 5.74) is 0.975. The second-order valence-electron chi connectivity index (χ2n) is 8.62. The van der Waals surface area contributed by atoms with Crippen molar-refractivity contribution in [2.45, 2.75) is 51.4 Å². The van der Waals surface area contributed by atoms with Gasteiger partial charge in [-0.15, -0.1) is 0 Å². The third-order valence-electron chi connectivity index (χ3n) is 6.57. The quantitative estimate of drug-likeness (QED) is 0.752. The number of benzene rings is 1. The second-order valence-corrected chi connectivity index (χ2v) is 9.06. The summed E-state index contributed by atoms with van der Waals surface area (Å²) in [6, 6.07) is 6.86. The number of Topliss-reactive ketones (excluding diaryl/α,β-unsaturated/α-hetero) is 1. The van der Waals surface area contributed by atoms with Gasteiger partial charge in [0, 0.05) is 30.0 Å². The van der Waals surface area contributed by atoms with E-state index in [1.807, 2.05) is 0 Å². The largest absolute Gasteiger partial charge is 0.356 e. The number of rotatable bonds is 6. The van der Waals surface area contributed by atoms with Gasteiger partial charge in [0.05, 0.1) is 0 Å². The van der Waals surface area contributed by atoms with Crippen LogP contribution in [-0.2, 0) is 4.79 Å². The Morgan fingerprint density at radius 2 is 1.52 bits per heavy atom. The standard InChI is InChI=1S/C21H26ClNO2/c22-18-3-1-17(2-4-18)19(24)5-6-20(25)23-13-21-10-14-7-15(11-21)9-16(8-14)12-21/h1-4,14-16H,5-13H2,(H,23,25). The van der Waals surface area contributed by atoms with Gasteiger partial charge in [0.15, 0.2) is 5.78 Å². The van der Waals surface area contributed by atoms with Crippen LogP contribution in [0.4, 0.5) is 0 Å². The highest BCUT2D eigenvalue weighted by Gasteiger charge is 2.50. The fraction of sp³-hybridized carbons (Fsp3) is 0.619. The lowest BCUT2D eigenvalue weighted by Crippen LogP contribution is -2.51. The zero-order chi connectivity index (χ0) is 17.4. The van der Waals surface area contributed by atoms with Crippen molar-refractivity contribution >= 4 is 23.3 Å². The predicted molar refractivity (Wildman–Crippen MR) is 98.6 cm³/mol. The van der Waals surface area contributed by atoms with E-state index >= 15 is 0 Å². The molecule has 4 heteroatoms. The molecular weight excluding hydrogens is 334 g/mol. The normalized spacial score (nSPS) is 32.6. The van der Waals surface area contributed by atoms with Gasteiger partial charge in [0.1, 0.15) is 0 Å². The van der Waals surface area contributed by atoms with Gasteiger partial charge in [-0.1, -0.05) is 11.6 Å². The van der Waals surface area contributed by atoms with E-state index < -0.39 is 0 Å². The maximum Gasteiger partial charge on any atom is 0.220 e. The van der Waals surface area contributed by atoms with E-state index in [1.54, 1.807) is 24.3 Å². The number of nitrogens with one attached hydrogen (secondary N) is 1. The van der Waals surface area contributed by atoms with Gasteiger partial charge in [-0.05, 0) is 86.0 Å². The summed E-state index contributed by atoms with van der Waals surface area (Å²) in [6.45, 7) is 0.810. The first-order valence-corrected chi connectivity index (χ1v) is 9.95. The lowest BCUT2D eigenvalue weighted by Gasteiger charge is -2.56. The maximum absolute atomic E-state index is 12.2. The number of halogens is 1. The minimum atomic E-state index is 0.00150. The fourth-order valence-corrected chi connectivity index (χ4v) is 6.01. The van der Waals surface area contributed by atoms with Crippen molar-refractivity contribution in [1.29, 1.82) is 0 Å². The lowest BCUT2D eigenvalue weighted by atomic mass is 9.49. The van der Waals surface area contributed by atoms with Crippen LogP contribution in [0.15, 0.2) is 24.3 Å². The van der Waals surface area contributed by atoms with Crippen LogP contribution in [0.25, 0.3) is 0 Å². The van der Waals surface area contributed by atoms with Crippen molar-refractivity contribution in [3.63, 3.8) is 0 Å². The summed E-state index contributed by atoms with van der Waals surface area (Å²) >= 11 is 5.84. The van der Waals surface area contributed by atoms with E-state index in [9.17, 15) is 9.59 Å². The third-order valence-corrected chi connectivity index (χ3v) is 6.82. The Labute approximate surface area is 154 Å². The van der Waals surface area contributed by atoms with E-state index in [0.717, 1.165) is 24.3 Å². The molecule has 0 saturated heterocycles. The van der Waals surface area contributed by atoms with Crippen LogP contribution in [0.3, 0.4) is 0 Å². The Morgan fingerprint density at radius 3 is 2.08 bits per heavy atom. The molecule has 0 unspecified atom stereocenters. The van der Waals surface area contributed by atoms with E-state index in [0.29, 0.717) is 16.0 Å². The summed E-state index contributed by atoms with van der Waals surface area (Å²) in [5.74, 6) is 2.71. The molecule has 0 heterocycles. The molecule has 0 radical (unpaired) electrons. The summed E-state index contributed by atoms with van der Waals surface area (Å²) in [6.07, 6.45) is 8.67. The van der Waals surface area contributed by atoms with Crippen LogP contribution in [-0.4, -0.2) is 18.2 Å². The average molecular weight is 360 g/mol. The molecule has 4 saturated carbocycles. The van der Waals surface area contributed by atoms with Crippen molar-refractivity contribution in [1.82, 2.24) is 5.32 Å². The van der Waals surface area contributed by atoms with E-state index in [4.69, 9.17) is 11.6 Å². The Hall–Kier alpha value is -1.35. The summed E-state index contributed by atoms with van der Waals surface area (Å²) in [7, 11) is 0. The Morgan fingerprint density at radius 1 is 0.960 bits per heavy atom. The molecule has 4 aliphatic rings. The molecule has 0 aromatic heterocycles. The van der Waals surface area contributed by atoms with Crippen molar-refractivity contribution in [3.05, 3.63) is 34.9 Å². The molecule has 1 amide bonds. The molecule has 0 atom stereocenters.